The lowest BCUT2D eigenvalue weighted by Crippen LogP contribution is -2.29. The number of esters is 3. The molecule has 0 unspecified atom stereocenters. The van der Waals surface area contributed by atoms with Crippen LogP contribution in [0.3, 0.4) is 0 Å². The van der Waals surface area contributed by atoms with Gasteiger partial charge in [-0.1, -0.05) is 174 Å². The van der Waals surface area contributed by atoms with Crippen molar-refractivity contribution >= 4 is 155 Å². The Hall–Kier alpha value is -13.8. The minimum Gasteiger partial charge on any atom is -0.477 e. The van der Waals surface area contributed by atoms with Crippen LogP contribution in [0.15, 0.2) is 273 Å². The van der Waals surface area contributed by atoms with E-state index in [1.54, 1.807) is 99.6 Å². The number of piperidine rings is 4. The molecular weight excluding hydrogens is 1860 g/mol. The maximum Gasteiger partial charge on any atom is 0.355 e. The number of nitro groups is 1. The van der Waals surface area contributed by atoms with Gasteiger partial charge in [-0.3, -0.25) is 19.7 Å². The zero-order valence-electron chi connectivity index (χ0n) is 104. The molecule has 8 heterocycles. The molecule has 0 bridgehead atoms. The highest BCUT2D eigenvalue weighted by atomic mass is 35.5. The van der Waals surface area contributed by atoms with Gasteiger partial charge in [0, 0.05) is 213 Å². The van der Waals surface area contributed by atoms with Crippen LogP contribution in [0.25, 0.3) is 49.7 Å². The largest absolute Gasteiger partial charge is 0.477 e. The first-order valence-corrected chi connectivity index (χ1v) is 49.8. The average Bonchev–Trinajstić information content (AvgIpc) is 1.63. The quantitative estimate of drug-likeness (QED) is 0.00738. The predicted molar refractivity (Wildman–Crippen MR) is 611 cm³/mol. The van der Waals surface area contributed by atoms with Crippen molar-refractivity contribution < 1.29 is 97.2 Å². The molecule has 27 heteroatoms. The number of H-pyrrole nitrogens is 4. The number of fused-ring (bicyclic) bond motifs is 4. The van der Waals surface area contributed by atoms with Crippen LogP contribution in [-0.2, 0) is 39.9 Å². The molecule has 4 saturated heterocycles. The van der Waals surface area contributed by atoms with Gasteiger partial charge in [-0.2, -0.15) is 0 Å². The number of carbonyl (C=O) groups is 6. The fourth-order valence-electron chi connectivity index (χ4n) is 17.3. The fraction of sp³-hybridized carbons (Fsp3) is 0.281. The highest BCUT2D eigenvalue weighted by Gasteiger charge is 2.27. The van der Waals surface area contributed by atoms with Gasteiger partial charge >= 0.3 is 23.9 Å². The number of ketones is 1. The van der Waals surface area contributed by atoms with E-state index in [2.05, 4.69) is 88.1 Å². The summed E-state index contributed by atoms with van der Waals surface area (Å²) in [5, 5.41) is 25.3. The first kappa shape index (κ1) is 89.8. The molecule has 11 aromatic carbocycles. The van der Waals surface area contributed by atoms with Crippen molar-refractivity contribution in [2.45, 2.75) is 124 Å². The Morgan fingerprint density at radius 3 is 1.15 bits per heavy atom. The van der Waals surface area contributed by atoms with E-state index in [0.29, 0.717) is 74.0 Å². The summed E-state index contributed by atoms with van der Waals surface area (Å²) < 4.78 is 135. The lowest BCUT2D eigenvalue weighted by molar-refractivity contribution is -0.400. The Bertz CT molecular complexity index is 6620. The summed E-state index contributed by atoms with van der Waals surface area (Å²) in [6.07, 6.45) is 22.4. The van der Waals surface area contributed by atoms with Crippen LogP contribution in [0.5, 0.6) is 0 Å². The van der Waals surface area contributed by atoms with Crippen molar-refractivity contribution in [1.29, 1.82) is 0 Å². The number of nitrogens with two attached hydrogens (primary N) is 2. The number of ether oxygens (including phenoxy) is 3. The number of hydrogen-bond donors (Lipinski definition) is 7. The van der Waals surface area contributed by atoms with Crippen molar-refractivity contribution in [1.82, 2.24) is 19.9 Å². The molecule has 0 saturated carbocycles. The summed E-state index contributed by atoms with van der Waals surface area (Å²) in [6, 6.07) is 85.3. The van der Waals surface area contributed by atoms with Crippen LogP contribution in [-0.4, -0.2) is 151 Å². The average molecular weight is 2050 g/mol. The van der Waals surface area contributed by atoms with Crippen molar-refractivity contribution in [2.24, 2.45) is 11.5 Å². The molecule has 0 radical (unpaired) electrons. The number of benzene rings is 11. The molecule has 0 amide bonds. The number of aromatic carboxylic acids is 1. The van der Waals surface area contributed by atoms with Gasteiger partial charge in [0.15, 0.2) is 5.78 Å². The Morgan fingerprint density at radius 1 is 0.404 bits per heavy atom. The second-order valence-corrected chi connectivity index (χ2v) is 36.1. The fourth-order valence-corrected chi connectivity index (χ4v) is 18.0. The van der Waals surface area contributed by atoms with Crippen LogP contribution >= 0.6 is 46.4 Å². The maximum absolute atomic E-state index is 12.9. The lowest BCUT2D eigenvalue weighted by atomic mass is 10.00. The smallest absolute Gasteiger partial charge is 0.355 e. The molecule has 141 heavy (non-hydrogen) atoms. The van der Waals surface area contributed by atoms with Crippen molar-refractivity contribution in [3.05, 3.63) is 382 Å². The van der Waals surface area contributed by atoms with E-state index in [9.17, 15) is 44.0 Å². The van der Waals surface area contributed by atoms with Gasteiger partial charge in [0.05, 0.1) is 30.3 Å². The van der Waals surface area contributed by atoms with Crippen LogP contribution < -0.4 is 31.1 Å². The van der Waals surface area contributed by atoms with Crippen LogP contribution in [0.4, 0.5) is 22.7 Å². The van der Waals surface area contributed by atoms with E-state index in [-0.39, 0.29) is 49.8 Å². The molecule has 0 aliphatic carbocycles. The van der Waals surface area contributed by atoms with Crippen LogP contribution in [0.1, 0.15) is 249 Å². The van der Waals surface area contributed by atoms with Crippen molar-refractivity contribution in [3.63, 3.8) is 0 Å². The van der Waals surface area contributed by atoms with Crippen molar-refractivity contribution in [2.75, 3.05) is 105 Å². The molecule has 4 aromatic heterocycles. The molecule has 4 fully saturated rings. The van der Waals surface area contributed by atoms with Crippen molar-refractivity contribution in [3.8, 4) is 0 Å². The number of nitrogens with zero attached hydrogens (tertiary/aromatic N) is 5. The summed E-state index contributed by atoms with van der Waals surface area (Å²) in [7, 11) is 0. The first-order valence-electron chi connectivity index (χ1n) is 60.3. The van der Waals surface area contributed by atoms with Gasteiger partial charge in [0.2, 0.25) is 6.20 Å². The van der Waals surface area contributed by atoms with Gasteiger partial charge in [-0.05, 0) is 302 Å². The summed E-state index contributed by atoms with van der Waals surface area (Å²) >= 11 is 24.0. The van der Waals surface area contributed by atoms with E-state index in [0.717, 1.165) is 131 Å². The maximum atomic E-state index is 12.9. The molecule has 23 nitrogen and oxygen atoms in total. The third-order valence-corrected chi connectivity index (χ3v) is 25.3. The Balaban J connectivity index is -0.000000350. The molecule has 15 aromatic rings. The van der Waals surface area contributed by atoms with E-state index < -0.39 is 16.9 Å². The van der Waals surface area contributed by atoms with E-state index in [4.69, 9.17) is 108 Å². The third kappa shape index (κ3) is 31.6. The van der Waals surface area contributed by atoms with E-state index in [1.807, 2.05) is 140 Å². The number of rotatable bonds is 24. The summed E-state index contributed by atoms with van der Waals surface area (Å²) in [5.41, 5.74) is 29.8. The zero-order chi connectivity index (χ0) is 124. The Labute approximate surface area is 889 Å². The first-order chi connectivity index (χ1) is 80.6. The molecular formula is C114H159Cl4N11O12. The number of halogens is 4. The number of aromatic nitrogens is 4. The second-order valence-electron chi connectivity index (χ2n) is 34.3. The Kier molecular flexibility index (Phi) is 35.2. The molecule has 9 N–H and O–H groups in total. The summed E-state index contributed by atoms with van der Waals surface area (Å²) in [5.74, 6) is -2.44. The normalized spacial score (nSPS) is 14.0. The van der Waals surface area contributed by atoms with Gasteiger partial charge < -0.3 is 70.3 Å². The minimum atomic E-state index is -0.955. The van der Waals surface area contributed by atoms with Gasteiger partial charge in [-0.25, -0.2) is 19.2 Å². The molecule has 0 atom stereocenters. The number of anilines is 4. The molecule has 4 aliphatic rings. The summed E-state index contributed by atoms with van der Waals surface area (Å²) in [4.78, 5) is 102. The number of carboxylic acids is 1. The zero-order valence-corrected chi connectivity index (χ0v) is 83.0. The van der Waals surface area contributed by atoms with E-state index in [1.165, 1.54) is 143 Å². The highest BCUT2D eigenvalue weighted by molar-refractivity contribution is 6.33. The molecule has 19 rings (SSSR count). The number of carbonyl (C=O) groups excluding carboxylic acids is 5. The minimum absolute atomic E-state index is 0. The number of hydrogen-bond acceptors (Lipinski definition) is 17. The van der Waals surface area contributed by atoms with E-state index >= 15 is 0 Å². The third-order valence-electron chi connectivity index (χ3n) is 24.4. The topological polar surface area (TPSA) is 322 Å². The second kappa shape index (κ2) is 55.3. The SMILES string of the molecule is CCOC(=O)c1[nH]c2ccc(Cl)cc2c1C(=O)c1ccccc1.CCOC(=O)c1[nH]c2ccc(Cl)cc2c1Cc1ccccc1.CCOC(=O)c1cc2cc(Cl)ccc2[nH]1.NCCc1ccc(N2CCCCC2)cc1.NCCc1ccc(N2CCCCC2)cc1.O=C(O)c1[nH]c2ccc(Cl)cc2c1Cc1ccccc1.O=Cc1ccc(N2CCCCC2)cc1.O=[N+]([O-])C=Cc1ccc(N2CCCCC2)cc1.[2HH].[2HH].[2HH].[2HH].[2HH].[2HH].[2H][2H].[2H][2H].[2H][2H].[2H][2H].[2H][2H].[2H][2H].[2H][2H].[2H][2H].[2H][2H].[2H][2H].[2H][2H].[2H][2H]. The van der Waals surface area contributed by atoms with Crippen LogP contribution in [0.2, 0.25) is 20.1 Å². The van der Waals surface area contributed by atoms with Crippen LogP contribution in [0, 0.1) is 10.1 Å². The predicted octanol–water partition coefficient (Wildman–Crippen LogP) is 30.1. The molecule has 4 aliphatic heterocycles. The number of aromatic amines is 4. The van der Waals surface area contributed by atoms with Gasteiger partial charge in [0.1, 0.15) is 29.1 Å². The lowest BCUT2D eigenvalue weighted by Gasteiger charge is -2.28. The van der Waals surface area contributed by atoms with Gasteiger partial charge in [0.25, 0.3) is 0 Å². The standard InChI is InChI=1S/C18H14ClNO3.C18H16ClNO2.C16H12ClNO2.C13H16N2O2.2C13H20N2.C12H15NO.C11H10ClNO2.18H2/c1-2-23-18(22)16-15(17(21)11-6-4-3-5-7-11)13-10-12(19)8-9-14(13)20-16;1-2-22-18(21)17-15(10-12-6-4-3-5-7-12)14-11-13(19)8-9-16(14)20-17;17-11-6-7-14-12(9-11)13(15(18-14)16(19)20)8-10-4-2-1-3-5-10;16-15(17)11-8-12-4-6-13(7-5-12)14-9-2-1-3-10-14;2*14-9-8-12-4-6-13(7-5-12)15-10-2-1-3-11-15;14-10-11-4-6-12(7-5-11)13-8-2-1-3-9-13;1-2-15-11(14)10-6-7-5-8(12)3-4-9(7)13-10;;;;;;;;;;;;;;;;;;/h3-10,20H,2H2,1H3;3-9,11,20H,2,10H2,1H3;1-7,9,18H,8H2,(H,19,20);4-8,11H,1-3,9-10H2;2*4-7H,1-3,8-11,14H2;4-7,10H,1-3,8-9H2;3-6,13H,2H2,1H3;18*1H/i;;;;;;;;12*1+1D;6*1+1. The monoisotopic (exact) mass is 2040 g/mol. The summed E-state index contributed by atoms with van der Waals surface area (Å²) in [6.45, 7) is 17.1. The number of aldehydes is 1. The van der Waals surface area contributed by atoms with Gasteiger partial charge in [-0.15, -0.1) is 0 Å². The highest BCUT2D eigenvalue weighted by Crippen LogP contribution is 2.34. The Morgan fingerprint density at radius 2 is 0.752 bits per heavy atom. The number of carboxylic acid groups (broad SMARTS) is 1. The number of nitrogens with one attached hydrogen (secondary N) is 4. The molecule has 770 valence electrons. The molecule has 0 spiro atoms.